The molecule has 6 nitrogen and oxygen atoms in total. The minimum Gasteiger partial charge on any atom is -0.489 e. The Morgan fingerprint density at radius 3 is 2.65 bits per heavy atom. The van der Waals surface area contributed by atoms with E-state index in [1.807, 2.05) is 6.07 Å². The summed E-state index contributed by atoms with van der Waals surface area (Å²) in [5, 5.41) is 15.1. The van der Waals surface area contributed by atoms with Crippen LogP contribution in [0.4, 0.5) is 18.9 Å². The van der Waals surface area contributed by atoms with Crippen molar-refractivity contribution in [3.63, 3.8) is 0 Å². The highest BCUT2D eigenvalue weighted by atomic mass is 19.4. The van der Waals surface area contributed by atoms with Crippen molar-refractivity contribution < 1.29 is 22.7 Å². The van der Waals surface area contributed by atoms with Crippen LogP contribution in [0.1, 0.15) is 47.1 Å². The number of nitriles is 1. The van der Waals surface area contributed by atoms with Crippen LogP contribution in [-0.2, 0) is 12.8 Å². The molecule has 3 aromatic rings. The quantitative estimate of drug-likeness (QED) is 0.586. The second-order valence-corrected chi connectivity index (χ2v) is 7.03. The van der Waals surface area contributed by atoms with Crippen LogP contribution in [0, 0.1) is 11.3 Å². The van der Waals surface area contributed by atoms with Gasteiger partial charge in [-0.15, -0.1) is 0 Å². The fourth-order valence-electron chi connectivity index (χ4n) is 2.96. The summed E-state index contributed by atoms with van der Waals surface area (Å²) in [5.41, 5.74) is -0.0850. The summed E-state index contributed by atoms with van der Waals surface area (Å²) < 4.78 is 47.0. The summed E-state index contributed by atoms with van der Waals surface area (Å²) in [6, 6.07) is 14.7. The third kappa shape index (κ3) is 5.22. The van der Waals surface area contributed by atoms with E-state index in [0.29, 0.717) is 11.3 Å². The van der Waals surface area contributed by atoms with E-state index in [-0.39, 0.29) is 12.3 Å². The number of rotatable bonds is 6. The molecule has 0 spiro atoms. The topological polar surface area (TPSA) is 79.9 Å². The van der Waals surface area contributed by atoms with Gasteiger partial charge in [-0.2, -0.15) is 23.5 Å². The number of carbonyl (C=O) groups excluding carboxylic acids is 1. The van der Waals surface area contributed by atoms with Gasteiger partial charge in [0.05, 0.1) is 23.4 Å². The van der Waals surface area contributed by atoms with Crippen molar-refractivity contribution >= 4 is 11.6 Å². The fourth-order valence-corrected chi connectivity index (χ4v) is 2.96. The van der Waals surface area contributed by atoms with E-state index in [1.54, 1.807) is 56.3 Å². The zero-order valence-corrected chi connectivity index (χ0v) is 16.8. The maximum absolute atomic E-state index is 13.5. The first-order valence-corrected chi connectivity index (χ1v) is 9.37. The Morgan fingerprint density at radius 1 is 1.23 bits per heavy atom. The zero-order chi connectivity index (χ0) is 22.6. The van der Waals surface area contributed by atoms with E-state index in [4.69, 9.17) is 10.00 Å². The van der Waals surface area contributed by atoms with Crippen molar-refractivity contribution in [2.45, 2.75) is 32.7 Å². The summed E-state index contributed by atoms with van der Waals surface area (Å²) in [6.07, 6.45) is -3.81. The van der Waals surface area contributed by atoms with Crippen LogP contribution in [-0.4, -0.2) is 15.7 Å². The summed E-state index contributed by atoms with van der Waals surface area (Å²) in [7, 11) is 0. The highest BCUT2D eigenvalue weighted by molar-refractivity contribution is 6.05. The monoisotopic (exact) mass is 428 g/mol. The number of nitrogens with zero attached hydrogens (tertiary/aromatic N) is 3. The van der Waals surface area contributed by atoms with Crippen LogP contribution in [0.2, 0.25) is 0 Å². The highest BCUT2D eigenvalue weighted by Crippen LogP contribution is 2.34. The molecule has 0 saturated carbocycles. The molecule has 0 aliphatic rings. The normalized spacial score (nSPS) is 11.3. The largest absolute Gasteiger partial charge is 0.489 e. The number of hydrogen-bond acceptors (Lipinski definition) is 4. The van der Waals surface area contributed by atoms with E-state index in [0.717, 1.165) is 16.4 Å². The number of ether oxygens (including phenoxy) is 1. The number of nitrogens with one attached hydrogen (secondary N) is 1. The van der Waals surface area contributed by atoms with Crippen molar-refractivity contribution in [1.82, 2.24) is 9.78 Å². The van der Waals surface area contributed by atoms with Gasteiger partial charge in [-0.3, -0.25) is 9.48 Å². The lowest BCUT2D eigenvalue weighted by atomic mass is 10.1. The number of amides is 1. The Labute approximate surface area is 176 Å². The lowest BCUT2D eigenvalue weighted by Gasteiger charge is -2.15. The van der Waals surface area contributed by atoms with Gasteiger partial charge in [0.1, 0.15) is 12.4 Å². The Morgan fingerprint density at radius 2 is 1.97 bits per heavy atom. The summed E-state index contributed by atoms with van der Waals surface area (Å²) in [5.74, 6) is -0.507. The molecule has 3 rings (SSSR count). The molecule has 0 fully saturated rings. The van der Waals surface area contributed by atoms with E-state index < -0.39 is 29.4 Å². The van der Waals surface area contributed by atoms with Crippen LogP contribution in [0.25, 0.3) is 0 Å². The molecule has 0 bridgehead atoms. The Balaban J connectivity index is 1.75. The first-order valence-electron chi connectivity index (χ1n) is 9.37. The number of aromatic nitrogens is 2. The second kappa shape index (κ2) is 8.92. The third-order valence-corrected chi connectivity index (χ3v) is 4.35. The molecule has 160 valence electrons. The average Bonchev–Trinajstić information content (AvgIpc) is 3.19. The smallest absolute Gasteiger partial charge is 0.433 e. The average molecular weight is 428 g/mol. The van der Waals surface area contributed by atoms with Crippen molar-refractivity contribution in [3.8, 4) is 11.8 Å². The number of alkyl halides is 3. The van der Waals surface area contributed by atoms with Gasteiger partial charge in [0.15, 0.2) is 5.69 Å². The van der Waals surface area contributed by atoms with Gasteiger partial charge in [0, 0.05) is 17.8 Å². The SMILES string of the molecule is CC(C)n1ncc(C(=O)Nc2cccc(OCc3cccc(C#N)c3)c2)c1C(F)(F)F. The van der Waals surface area contributed by atoms with Crippen molar-refractivity contribution in [2.75, 3.05) is 5.32 Å². The molecule has 0 aliphatic heterocycles. The molecule has 2 aromatic carbocycles. The van der Waals surface area contributed by atoms with E-state index in [9.17, 15) is 18.0 Å². The molecule has 31 heavy (non-hydrogen) atoms. The molecule has 0 unspecified atom stereocenters. The van der Waals surface area contributed by atoms with E-state index in [2.05, 4.69) is 10.4 Å². The first kappa shape index (κ1) is 21.9. The van der Waals surface area contributed by atoms with E-state index >= 15 is 0 Å². The summed E-state index contributed by atoms with van der Waals surface area (Å²) in [4.78, 5) is 12.5. The molecule has 1 amide bonds. The predicted molar refractivity (Wildman–Crippen MR) is 107 cm³/mol. The minimum absolute atomic E-state index is 0.187. The maximum Gasteiger partial charge on any atom is 0.433 e. The summed E-state index contributed by atoms with van der Waals surface area (Å²) in [6.45, 7) is 3.29. The maximum atomic E-state index is 13.5. The number of anilines is 1. The fraction of sp³-hybridized carbons (Fsp3) is 0.227. The van der Waals surface area contributed by atoms with E-state index in [1.165, 1.54) is 6.07 Å². The van der Waals surface area contributed by atoms with Gasteiger partial charge in [-0.1, -0.05) is 18.2 Å². The first-order chi connectivity index (χ1) is 14.7. The van der Waals surface area contributed by atoms with Gasteiger partial charge in [0.25, 0.3) is 5.91 Å². The molecule has 1 heterocycles. The molecule has 9 heteroatoms. The zero-order valence-electron chi connectivity index (χ0n) is 16.8. The van der Waals surface area contributed by atoms with Gasteiger partial charge in [-0.25, -0.2) is 0 Å². The number of halogens is 3. The van der Waals surface area contributed by atoms with Crippen molar-refractivity contribution in [3.05, 3.63) is 77.1 Å². The molecule has 0 saturated heterocycles. The van der Waals surface area contributed by atoms with Crippen LogP contribution < -0.4 is 10.1 Å². The Kier molecular flexibility index (Phi) is 6.30. The van der Waals surface area contributed by atoms with Crippen molar-refractivity contribution in [2.24, 2.45) is 0 Å². The molecular weight excluding hydrogens is 409 g/mol. The number of carbonyl (C=O) groups is 1. The molecule has 0 radical (unpaired) electrons. The summed E-state index contributed by atoms with van der Waals surface area (Å²) >= 11 is 0. The predicted octanol–water partition coefficient (Wildman–Crippen LogP) is 5.19. The van der Waals surface area contributed by atoms with Crippen LogP contribution >= 0.6 is 0 Å². The van der Waals surface area contributed by atoms with Crippen LogP contribution in [0.5, 0.6) is 5.75 Å². The Hall–Kier alpha value is -3.80. The van der Waals surface area contributed by atoms with Crippen molar-refractivity contribution in [1.29, 1.82) is 5.26 Å². The third-order valence-electron chi connectivity index (χ3n) is 4.35. The lowest BCUT2D eigenvalue weighted by molar-refractivity contribution is -0.145. The Bertz CT molecular complexity index is 1130. The van der Waals surface area contributed by atoms with Crippen LogP contribution in [0.15, 0.2) is 54.7 Å². The second-order valence-electron chi connectivity index (χ2n) is 7.03. The number of benzene rings is 2. The van der Waals surface area contributed by atoms with Gasteiger partial charge >= 0.3 is 6.18 Å². The van der Waals surface area contributed by atoms with Gasteiger partial charge in [0.2, 0.25) is 0 Å². The minimum atomic E-state index is -4.73. The molecule has 1 N–H and O–H groups in total. The molecule has 0 atom stereocenters. The number of hydrogen-bond donors (Lipinski definition) is 1. The highest BCUT2D eigenvalue weighted by Gasteiger charge is 2.40. The van der Waals surface area contributed by atoms with Gasteiger partial charge < -0.3 is 10.1 Å². The molecule has 1 aromatic heterocycles. The standard InChI is InChI=1S/C22H19F3N4O2/c1-14(2)29-20(22(23,24)25)19(12-27-29)21(30)28-17-7-4-8-18(10-17)31-13-16-6-3-5-15(9-16)11-26/h3-10,12,14H,13H2,1-2H3,(H,28,30). The molecular formula is C22H19F3N4O2. The van der Waals surface area contributed by atoms with Gasteiger partial charge in [-0.05, 0) is 43.7 Å². The molecule has 0 aliphatic carbocycles. The lowest BCUT2D eigenvalue weighted by Crippen LogP contribution is -2.22. The van der Waals surface area contributed by atoms with Crippen LogP contribution in [0.3, 0.4) is 0 Å².